The van der Waals surface area contributed by atoms with Crippen LogP contribution in [0, 0.1) is 5.92 Å². The van der Waals surface area contributed by atoms with Crippen molar-refractivity contribution < 1.29 is 67.8 Å². The lowest BCUT2D eigenvalue weighted by atomic mass is 9.87. The molecule has 0 saturated carbocycles. The second kappa shape index (κ2) is 35.4. The van der Waals surface area contributed by atoms with Crippen LogP contribution in [0.3, 0.4) is 0 Å². The molecule has 14 nitrogen and oxygen atoms in total. The molecule has 0 aromatic rings. The molecular formula is C44H77O14P. The quantitative estimate of drug-likeness (QED) is 0.0119. The Bertz CT molecular complexity index is 1240. The number of unbranched alkanes of at least 4 members (excludes halogenated alkanes) is 12. The standard InChI is InChI=1S/C44H77O14P/c1-3-5-7-8-9-10-11-12-13-14-15-16-17-18-24-28-43(50)57-38(35-56-59(52,53)55-33-37(47)32-45)34-54-42(49)27-23-20-19-22-26-39-40(48)31-44(51)58-41(39)30-29-36(46)25-21-6-4-2/h10-13,19,22,29-30,36-41,44-48,51H,3-9,14-18,20-21,23-28,31-35H2,1-2H3,(H,52,53)/b11-10-,13-12-,22-19-,30-29+/t36-,37-,38+,39-,40-,41+,44?/m0/s1. The first-order valence-corrected chi connectivity index (χ1v) is 23.5. The fourth-order valence-electron chi connectivity index (χ4n) is 6.26. The van der Waals surface area contributed by atoms with Crippen LogP contribution in [-0.2, 0) is 37.4 Å². The number of ether oxygens (including phenoxy) is 3. The molecule has 59 heavy (non-hydrogen) atoms. The number of carbonyl (C=O) groups excluding carboxylic acids is 2. The van der Waals surface area contributed by atoms with E-state index in [9.17, 15) is 39.5 Å². The van der Waals surface area contributed by atoms with Crippen molar-refractivity contribution in [2.75, 3.05) is 26.4 Å². The van der Waals surface area contributed by atoms with Crippen LogP contribution in [0.1, 0.15) is 149 Å². The van der Waals surface area contributed by atoms with Crippen molar-refractivity contribution in [3.05, 3.63) is 48.6 Å². The Labute approximate surface area is 353 Å². The first-order valence-electron chi connectivity index (χ1n) is 22.0. The minimum atomic E-state index is -4.69. The van der Waals surface area contributed by atoms with Crippen LogP contribution in [-0.4, -0.2) is 106 Å². The lowest BCUT2D eigenvalue weighted by molar-refractivity contribution is -0.199. The molecule has 2 unspecified atom stereocenters. The maximum Gasteiger partial charge on any atom is 0.472 e. The highest BCUT2D eigenvalue weighted by Crippen LogP contribution is 2.43. The van der Waals surface area contributed by atoms with Crippen molar-refractivity contribution in [1.82, 2.24) is 0 Å². The van der Waals surface area contributed by atoms with E-state index < -0.39 is 83.0 Å². The molecule has 0 aromatic carbocycles. The Morgan fingerprint density at radius 3 is 2.07 bits per heavy atom. The summed E-state index contributed by atoms with van der Waals surface area (Å²) in [6.45, 7) is 1.91. The molecule has 0 aliphatic carbocycles. The Hall–Kier alpha value is -2.23. The number of hydrogen-bond acceptors (Lipinski definition) is 13. The second-order valence-electron chi connectivity index (χ2n) is 15.3. The SMILES string of the molecule is CCCCCC/C=C\C=C/CCCCCCCC(=O)O[C@H](COC(=O)CCC/C=C\C[C@H]1[C@@H](O)CC(O)O[C@@H]1/C=C/[C@@H](O)CCCCC)COP(=O)(O)OC[C@@H](O)CO. The molecule has 1 heterocycles. The summed E-state index contributed by atoms with van der Waals surface area (Å²) in [4.78, 5) is 35.2. The third kappa shape index (κ3) is 30.4. The predicted octanol–water partition coefficient (Wildman–Crippen LogP) is 7.44. The van der Waals surface area contributed by atoms with Gasteiger partial charge in [-0.25, -0.2) is 4.57 Å². The first kappa shape index (κ1) is 54.8. The molecule has 1 aliphatic rings. The molecule has 0 amide bonds. The van der Waals surface area contributed by atoms with Gasteiger partial charge < -0.3 is 44.6 Å². The highest BCUT2D eigenvalue weighted by molar-refractivity contribution is 7.47. The molecular weight excluding hydrogens is 783 g/mol. The van der Waals surface area contributed by atoms with Crippen molar-refractivity contribution >= 4 is 19.8 Å². The highest BCUT2D eigenvalue weighted by Gasteiger charge is 2.35. The van der Waals surface area contributed by atoms with Crippen molar-refractivity contribution in [3.63, 3.8) is 0 Å². The van der Waals surface area contributed by atoms with Crippen molar-refractivity contribution in [1.29, 1.82) is 0 Å². The van der Waals surface area contributed by atoms with E-state index in [1.54, 1.807) is 12.2 Å². The Morgan fingerprint density at radius 2 is 1.37 bits per heavy atom. The molecule has 342 valence electrons. The summed E-state index contributed by atoms with van der Waals surface area (Å²) in [5.74, 6) is -1.47. The van der Waals surface area contributed by atoms with Gasteiger partial charge in [-0.3, -0.25) is 18.6 Å². The van der Waals surface area contributed by atoms with Crippen LogP contribution >= 0.6 is 7.82 Å². The number of phosphoric ester groups is 1. The molecule has 15 heteroatoms. The molecule has 1 fully saturated rings. The van der Waals surface area contributed by atoms with Gasteiger partial charge in [0.25, 0.3) is 0 Å². The molecule has 0 bridgehead atoms. The highest BCUT2D eigenvalue weighted by atomic mass is 31.2. The molecule has 1 rings (SSSR count). The van der Waals surface area contributed by atoms with Gasteiger partial charge in [-0.05, 0) is 57.8 Å². The van der Waals surface area contributed by atoms with E-state index >= 15 is 0 Å². The normalized spacial score (nSPS) is 21.4. The van der Waals surface area contributed by atoms with E-state index in [4.69, 9.17) is 23.8 Å². The van der Waals surface area contributed by atoms with E-state index in [0.29, 0.717) is 32.1 Å². The van der Waals surface area contributed by atoms with Crippen molar-refractivity contribution in [2.45, 2.75) is 185 Å². The summed E-state index contributed by atoms with van der Waals surface area (Å²) < 4.78 is 38.3. The van der Waals surface area contributed by atoms with Crippen LogP contribution in [0.4, 0.5) is 0 Å². The maximum absolute atomic E-state index is 12.7. The van der Waals surface area contributed by atoms with Gasteiger partial charge in [0.2, 0.25) is 0 Å². The second-order valence-corrected chi connectivity index (χ2v) is 16.7. The lowest BCUT2D eigenvalue weighted by Crippen LogP contribution is -2.43. The fourth-order valence-corrected chi connectivity index (χ4v) is 7.05. The van der Waals surface area contributed by atoms with Gasteiger partial charge in [0, 0.05) is 25.2 Å². The number of allylic oxidation sites excluding steroid dienone is 6. The number of hydrogen-bond donors (Lipinski definition) is 6. The first-order chi connectivity index (χ1) is 28.4. The summed E-state index contributed by atoms with van der Waals surface area (Å²) in [5, 5.41) is 49.3. The Balaban J connectivity index is 2.52. The van der Waals surface area contributed by atoms with E-state index in [1.165, 1.54) is 25.7 Å². The zero-order valence-corrected chi connectivity index (χ0v) is 36.6. The number of aliphatic hydroxyl groups is 5. The Kier molecular flexibility index (Phi) is 32.8. The van der Waals surface area contributed by atoms with E-state index in [1.807, 2.05) is 12.2 Å². The summed E-state index contributed by atoms with van der Waals surface area (Å²) >= 11 is 0. The summed E-state index contributed by atoms with van der Waals surface area (Å²) in [6.07, 6.45) is 26.9. The number of rotatable bonds is 36. The molecule has 8 atom stereocenters. The third-order valence-corrected chi connectivity index (χ3v) is 10.7. The molecule has 1 aliphatic heterocycles. The zero-order chi connectivity index (χ0) is 43.6. The monoisotopic (exact) mass is 861 g/mol. The summed E-state index contributed by atoms with van der Waals surface area (Å²) in [5.41, 5.74) is 0. The number of phosphoric acid groups is 1. The van der Waals surface area contributed by atoms with Gasteiger partial charge in [-0.15, -0.1) is 0 Å². The average Bonchev–Trinajstić information content (AvgIpc) is 3.20. The number of esters is 2. The minimum absolute atomic E-state index is 0.0424. The molecule has 1 saturated heterocycles. The van der Waals surface area contributed by atoms with Gasteiger partial charge in [0.05, 0.1) is 38.1 Å². The predicted molar refractivity (Wildman–Crippen MR) is 227 cm³/mol. The molecule has 0 radical (unpaired) electrons. The number of carbonyl (C=O) groups is 2. The van der Waals surface area contributed by atoms with Crippen LogP contribution in [0.5, 0.6) is 0 Å². The van der Waals surface area contributed by atoms with Crippen LogP contribution in [0.2, 0.25) is 0 Å². The van der Waals surface area contributed by atoms with Gasteiger partial charge >= 0.3 is 19.8 Å². The van der Waals surface area contributed by atoms with Crippen LogP contribution in [0.15, 0.2) is 48.6 Å². The zero-order valence-electron chi connectivity index (χ0n) is 35.7. The van der Waals surface area contributed by atoms with E-state index in [2.05, 4.69) is 42.7 Å². The van der Waals surface area contributed by atoms with Crippen molar-refractivity contribution in [3.8, 4) is 0 Å². The van der Waals surface area contributed by atoms with E-state index in [0.717, 1.165) is 57.8 Å². The smallest absolute Gasteiger partial charge is 0.462 e. The van der Waals surface area contributed by atoms with Gasteiger partial charge in [-0.1, -0.05) is 120 Å². The van der Waals surface area contributed by atoms with Gasteiger partial charge in [-0.2, -0.15) is 0 Å². The Morgan fingerprint density at radius 1 is 0.763 bits per heavy atom. The van der Waals surface area contributed by atoms with Crippen molar-refractivity contribution in [2.24, 2.45) is 5.92 Å². The topological polar surface area (TPSA) is 219 Å². The van der Waals surface area contributed by atoms with Gasteiger partial charge in [0.1, 0.15) is 12.7 Å². The minimum Gasteiger partial charge on any atom is -0.462 e. The fraction of sp³-hybridized carbons (Fsp3) is 0.773. The third-order valence-electron chi connectivity index (χ3n) is 9.78. The lowest BCUT2D eigenvalue weighted by Gasteiger charge is -2.36. The molecule has 0 aromatic heterocycles. The van der Waals surface area contributed by atoms with E-state index in [-0.39, 0.29) is 25.2 Å². The van der Waals surface area contributed by atoms with Crippen LogP contribution in [0.25, 0.3) is 0 Å². The largest absolute Gasteiger partial charge is 0.472 e. The summed E-state index contributed by atoms with van der Waals surface area (Å²) in [7, 11) is -4.69. The van der Waals surface area contributed by atoms with Gasteiger partial charge in [0.15, 0.2) is 12.4 Å². The van der Waals surface area contributed by atoms with Crippen LogP contribution < -0.4 is 0 Å². The molecule has 6 N–H and O–H groups in total. The summed E-state index contributed by atoms with van der Waals surface area (Å²) in [6, 6.07) is 0. The molecule has 0 spiro atoms. The number of aliphatic hydroxyl groups excluding tert-OH is 5. The average molecular weight is 861 g/mol. The maximum atomic E-state index is 12.7.